The van der Waals surface area contributed by atoms with E-state index < -0.39 is 0 Å². The predicted octanol–water partition coefficient (Wildman–Crippen LogP) is 3.47. The zero-order valence-electron chi connectivity index (χ0n) is 9.64. The molecule has 0 radical (unpaired) electrons. The molecule has 0 aliphatic heterocycles. The van der Waals surface area contributed by atoms with Gasteiger partial charge in [-0.1, -0.05) is 39.2 Å². The lowest BCUT2D eigenvalue weighted by Gasteiger charge is -2.03. The number of carbonyl (C=O) groups excluding carboxylic acids is 1. The van der Waals surface area contributed by atoms with Gasteiger partial charge in [-0.3, -0.25) is 0 Å². The van der Waals surface area contributed by atoms with E-state index in [-0.39, 0.29) is 5.97 Å². The molecular weight excluding hydrogens is 176 g/mol. The summed E-state index contributed by atoms with van der Waals surface area (Å²) in [6, 6.07) is 0. The maximum absolute atomic E-state index is 11.3. The first-order chi connectivity index (χ1) is 6.72. The van der Waals surface area contributed by atoms with Crippen LogP contribution in [-0.2, 0) is 9.53 Å². The lowest BCUT2D eigenvalue weighted by Crippen LogP contribution is -2.06. The van der Waals surface area contributed by atoms with Crippen LogP contribution in [0.5, 0.6) is 0 Å². The first kappa shape index (κ1) is 13.2. The molecule has 0 aliphatic carbocycles. The van der Waals surface area contributed by atoms with Gasteiger partial charge in [0.1, 0.15) is 0 Å². The van der Waals surface area contributed by atoms with Crippen molar-refractivity contribution >= 4 is 5.97 Å². The van der Waals surface area contributed by atoms with Crippen LogP contribution in [0.4, 0.5) is 0 Å². The maximum atomic E-state index is 11.3. The fraction of sp³-hybridized carbons (Fsp3) is 0.750. The topological polar surface area (TPSA) is 26.3 Å². The third-order valence-corrected chi connectivity index (χ3v) is 2.06. The standard InChI is InChI=1S/C12H22O2/c1-4-6-8-9-11(3)12(13)14-10-7-5-2/h9H,4-8,10H2,1-3H3. The minimum Gasteiger partial charge on any atom is -0.462 e. The molecule has 0 aromatic heterocycles. The monoisotopic (exact) mass is 198 g/mol. The summed E-state index contributed by atoms with van der Waals surface area (Å²) in [7, 11) is 0. The van der Waals surface area contributed by atoms with Crippen molar-refractivity contribution in [3.05, 3.63) is 11.6 Å². The van der Waals surface area contributed by atoms with Crippen molar-refractivity contribution in [2.24, 2.45) is 0 Å². The highest BCUT2D eigenvalue weighted by Gasteiger charge is 2.03. The van der Waals surface area contributed by atoms with Crippen LogP contribution in [0.15, 0.2) is 11.6 Å². The summed E-state index contributed by atoms with van der Waals surface area (Å²) in [5.74, 6) is -0.158. The quantitative estimate of drug-likeness (QED) is 0.356. The molecule has 0 bridgehead atoms. The molecule has 0 rings (SSSR count). The number of hydrogen-bond acceptors (Lipinski definition) is 2. The van der Waals surface area contributed by atoms with Gasteiger partial charge in [-0.05, 0) is 19.8 Å². The van der Waals surface area contributed by atoms with E-state index in [2.05, 4.69) is 13.8 Å². The summed E-state index contributed by atoms with van der Waals surface area (Å²) >= 11 is 0. The average molecular weight is 198 g/mol. The van der Waals surface area contributed by atoms with E-state index in [1.54, 1.807) is 0 Å². The van der Waals surface area contributed by atoms with Gasteiger partial charge in [0, 0.05) is 5.57 Å². The summed E-state index contributed by atoms with van der Waals surface area (Å²) < 4.78 is 5.07. The van der Waals surface area contributed by atoms with Crippen molar-refractivity contribution in [2.75, 3.05) is 6.61 Å². The highest BCUT2D eigenvalue weighted by atomic mass is 16.5. The lowest BCUT2D eigenvalue weighted by atomic mass is 10.2. The van der Waals surface area contributed by atoms with Crippen LogP contribution < -0.4 is 0 Å². The molecule has 0 aromatic carbocycles. The molecule has 0 unspecified atom stereocenters. The SMILES string of the molecule is CCCCC=C(C)C(=O)OCCCC. The van der Waals surface area contributed by atoms with E-state index in [9.17, 15) is 4.79 Å². The van der Waals surface area contributed by atoms with Gasteiger partial charge in [0.05, 0.1) is 6.61 Å². The van der Waals surface area contributed by atoms with Gasteiger partial charge in [-0.25, -0.2) is 4.79 Å². The number of rotatable bonds is 7. The third-order valence-electron chi connectivity index (χ3n) is 2.06. The number of allylic oxidation sites excluding steroid dienone is 1. The Labute approximate surface area is 87.3 Å². The zero-order chi connectivity index (χ0) is 10.8. The van der Waals surface area contributed by atoms with Crippen LogP contribution in [0, 0.1) is 0 Å². The number of esters is 1. The van der Waals surface area contributed by atoms with Gasteiger partial charge in [-0.2, -0.15) is 0 Å². The van der Waals surface area contributed by atoms with E-state index in [0.717, 1.165) is 37.7 Å². The Morgan fingerprint density at radius 1 is 1.21 bits per heavy atom. The van der Waals surface area contributed by atoms with E-state index >= 15 is 0 Å². The molecule has 0 heterocycles. The van der Waals surface area contributed by atoms with Crippen molar-refractivity contribution in [2.45, 2.75) is 52.9 Å². The van der Waals surface area contributed by atoms with Gasteiger partial charge < -0.3 is 4.74 Å². The van der Waals surface area contributed by atoms with E-state index in [1.165, 1.54) is 0 Å². The largest absolute Gasteiger partial charge is 0.462 e. The fourth-order valence-electron chi connectivity index (χ4n) is 1.03. The zero-order valence-corrected chi connectivity index (χ0v) is 9.64. The molecule has 0 saturated heterocycles. The van der Waals surface area contributed by atoms with Gasteiger partial charge >= 0.3 is 5.97 Å². The lowest BCUT2D eigenvalue weighted by molar-refractivity contribution is -0.139. The van der Waals surface area contributed by atoms with Crippen LogP contribution in [0.25, 0.3) is 0 Å². The second-order valence-electron chi connectivity index (χ2n) is 3.52. The van der Waals surface area contributed by atoms with Crippen molar-refractivity contribution in [3.8, 4) is 0 Å². The van der Waals surface area contributed by atoms with Crippen molar-refractivity contribution in [1.82, 2.24) is 0 Å². The molecule has 0 amide bonds. The molecule has 2 nitrogen and oxygen atoms in total. The van der Waals surface area contributed by atoms with Crippen molar-refractivity contribution in [1.29, 1.82) is 0 Å². The van der Waals surface area contributed by atoms with E-state index in [1.807, 2.05) is 13.0 Å². The van der Waals surface area contributed by atoms with E-state index in [0.29, 0.717) is 6.61 Å². The van der Waals surface area contributed by atoms with Gasteiger partial charge in [0.25, 0.3) is 0 Å². The predicted molar refractivity (Wildman–Crippen MR) is 59.1 cm³/mol. The van der Waals surface area contributed by atoms with Gasteiger partial charge in [0.2, 0.25) is 0 Å². The molecule has 82 valence electrons. The van der Waals surface area contributed by atoms with Crippen LogP contribution in [0.3, 0.4) is 0 Å². The number of unbranched alkanes of at least 4 members (excludes halogenated alkanes) is 3. The summed E-state index contributed by atoms with van der Waals surface area (Å²) in [6.45, 7) is 6.60. The Morgan fingerprint density at radius 3 is 2.43 bits per heavy atom. The summed E-state index contributed by atoms with van der Waals surface area (Å²) in [5.41, 5.74) is 0.745. The average Bonchev–Trinajstić information content (AvgIpc) is 2.18. The molecule has 0 saturated carbocycles. The molecular formula is C12H22O2. The van der Waals surface area contributed by atoms with Crippen LogP contribution in [-0.4, -0.2) is 12.6 Å². The Bertz CT molecular complexity index is 183. The first-order valence-corrected chi connectivity index (χ1v) is 5.56. The van der Waals surface area contributed by atoms with Gasteiger partial charge in [-0.15, -0.1) is 0 Å². The van der Waals surface area contributed by atoms with Crippen LogP contribution in [0.2, 0.25) is 0 Å². The molecule has 0 atom stereocenters. The molecule has 0 aromatic rings. The molecule has 0 fully saturated rings. The Morgan fingerprint density at radius 2 is 1.86 bits per heavy atom. The van der Waals surface area contributed by atoms with Crippen molar-refractivity contribution < 1.29 is 9.53 Å². The van der Waals surface area contributed by atoms with Gasteiger partial charge in [0.15, 0.2) is 0 Å². The smallest absolute Gasteiger partial charge is 0.333 e. The normalized spacial score (nSPS) is 11.5. The number of ether oxygens (including phenoxy) is 1. The molecule has 0 spiro atoms. The maximum Gasteiger partial charge on any atom is 0.333 e. The minimum absolute atomic E-state index is 0.158. The Balaban J connectivity index is 3.68. The summed E-state index contributed by atoms with van der Waals surface area (Å²) in [4.78, 5) is 11.3. The Kier molecular flexibility index (Phi) is 8.30. The highest BCUT2D eigenvalue weighted by Crippen LogP contribution is 2.03. The second kappa shape index (κ2) is 8.79. The molecule has 14 heavy (non-hydrogen) atoms. The number of hydrogen-bond donors (Lipinski definition) is 0. The van der Waals surface area contributed by atoms with E-state index in [4.69, 9.17) is 4.74 Å². The highest BCUT2D eigenvalue weighted by molar-refractivity contribution is 5.87. The number of carbonyl (C=O) groups is 1. The summed E-state index contributed by atoms with van der Waals surface area (Å²) in [6.07, 6.45) is 7.26. The molecule has 0 aliphatic rings. The van der Waals surface area contributed by atoms with Crippen LogP contribution >= 0.6 is 0 Å². The van der Waals surface area contributed by atoms with Crippen LogP contribution in [0.1, 0.15) is 52.9 Å². The summed E-state index contributed by atoms with van der Waals surface area (Å²) in [5, 5.41) is 0. The second-order valence-corrected chi connectivity index (χ2v) is 3.52. The Hall–Kier alpha value is -0.790. The molecule has 0 N–H and O–H groups in total. The first-order valence-electron chi connectivity index (χ1n) is 5.56. The fourth-order valence-corrected chi connectivity index (χ4v) is 1.03. The molecule has 2 heteroatoms. The van der Waals surface area contributed by atoms with Crippen molar-refractivity contribution in [3.63, 3.8) is 0 Å². The third kappa shape index (κ3) is 6.70. The minimum atomic E-state index is -0.158.